The third-order valence-corrected chi connectivity index (χ3v) is 2.39. The molecule has 0 aliphatic rings. The summed E-state index contributed by atoms with van der Waals surface area (Å²) in [5, 5.41) is 11.7. The van der Waals surface area contributed by atoms with Gasteiger partial charge in [0.15, 0.2) is 11.5 Å². The van der Waals surface area contributed by atoms with Gasteiger partial charge in [-0.25, -0.2) is 9.97 Å². The first kappa shape index (κ1) is 12.6. The first-order valence-corrected chi connectivity index (χ1v) is 5.83. The second-order valence-electron chi connectivity index (χ2n) is 3.79. The summed E-state index contributed by atoms with van der Waals surface area (Å²) in [6.45, 7) is 1.74. The van der Waals surface area contributed by atoms with Crippen molar-refractivity contribution >= 4 is 17.3 Å². The van der Waals surface area contributed by atoms with Crippen LogP contribution in [0.3, 0.4) is 0 Å². The number of nitrogen functional groups attached to an aromatic ring is 1. The number of aromatic nitrogens is 3. The highest BCUT2D eigenvalue weighted by molar-refractivity contribution is 5.64. The summed E-state index contributed by atoms with van der Waals surface area (Å²) in [4.78, 5) is 8.42. The van der Waals surface area contributed by atoms with Crippen LogP contribution in [0.4, 0.5) is 11.6 Å². The smallest absolute Gasteiger partial charge is 0.180 e. The summed E-state index contributed by atoms with van der Waals surface area (Å²) in [5.41, 5.74) is 6.45. The number of hydrogen-bond donors (Lipinski definition) is 3. The van der Waals surface area contributed by atoms with Crippen LogP contribution in [0, 0.1) is 0 Å². The standard InChI is InChI=1S/C11H17N5O2/c12-9-8-16-4-3-14-11(16)10(15-9)13-2-1-6-18-7-5-17/h3-4,8,17H,1-2,5-7,12H2,(H,13,15). The lowest BCUT2D eigenvalue weighted by molar-refractivity contribution is 0.0922. The molecule has 7 nitrogen and oxygen atoms in total. The molecule has 7 heteroatoms. The minimum absolute atomic E-state index is 0.0545. The molecule has 0 aliphatic heterocycles. The highest BCUT2D eigenvalue weighted by Gasteiger charge is 2.04. The fourth-order valence-electron chi connectivity index (χ4n) is 1.62. The molecule has 0 fully saturated rings. The molecule has 0 radical (unpaired) electrons. The Balaban J connectivity index is 1.89. The zero-order chi connectivity index (χ0) is 12.8. The number of aliphatic hydroxyl groups excluding tert-OH is 1. The van der Waals surface area contributed by atoms with E-state index in [-0.39, 0.29) is 6.61 Å². The lowest BCUT2D eigenvalue weighted by Gasteiger charge is -2.08. The van der Waals surface area contributed by atoms with E-state index >= 15 is 0 Å². The van der Waals surface area contributed by atoms with Crippen LogP contribution in [0.1, 0.15) is 6.42 Å². The number of nitrogens with zero attached hydrogens (tertiary/aromatic N) is 3. The first-order valence-electron chi connectivity index (χ1n) is 5.83. The van der Waals surface area contributed by atoms with Gasteiger partial charge in [0.05, 0.1) is 19.4 Å². The number of nitrogens with one attached hydrogen (secondary N) is 1. The quantitative estimate of drug-likeness (QED) is 0.605. The van der Waals surface area contributed by atoms with Gasteiger partial charge < -0.3 is 25.3 Å². The molecular weight excluding hydrogens is 234 g/mol. The van der Waals surface area contributed by atoms with Crippen molar-refractivity contribution in [2.45, 2.75) is 6.42 Å². The molecule has 4 N–H and O–H groups in total. The number of aliphatic hydroxyl groups is 1. The minimum atomic E-state index is 0.0545. The Labute approximate surface area is 105 Å². The molecule has 0 unspecified atom stereocenters. The summed E-state index contributed by atoms with van der Waals surface area (Å²) in [6.07, 6.45) is 6.07. The monoisotopic (exact) mass is 251 g/mol. The van der Waals surface area contributed by atoms with Gasteiger partial charge in [0.1, 0.15) is 5.82 Å². The fourth-order valence-corrected chi connectivity index (χ4v) is 1.62. The molecule has 98 valence electrons. The third kappa shape index (κ3) is 3.08. The van der Waals surface area contributed by atoms with Crippen LogP contribution < -0.4 is 11.1 Å². The third-order valence-electron chi connectivity index (χ3n) is 2.39. The van der Waals surface area contributed by atoms with Gasteiger partial charge in [0.2, 0.25) is 0 Å². The van der Waals surface area contributed by atoms with Crippen molar-refractivity contribution in [3.8, 4) is 0 Å². The zero-order valence-corrected chi connectivity index (χ0v) is 10.0. The van der Waals surface area contributed by atoms with Gasteiger partial charge in [0.25, 0.3) is 0 Å². The number of ether oxygens (including phenoxy) is 1. The van der Waals surface area contributed by atoms with Crippen molar-refractivity contribution in [1.82, 2.24) is 14.4 Å². The number of rotatable bonds is 7. The number of fused-ring (bicyclic) bond motifs is 1. The molecule has 0 aliphatic carbocycles. The van der Waals surface area contributed by atoms with E-state index in [2.05, 4.69) is 15.3 Å². The van der Waals surface area contributed by atoms with E-state index in [1.807, 2.05) is 10.6 Å². The van der Waals surface area contributed by atoms with Gasteiger partial charge in [-0.05, 0) is 6.42 Å². The van der Waals surface area contributed by atoms with Crippen molar-refractivity contribution in [1.29, 1.82) is 0 Å². The molecule has 2 aromatic heterocycles. The maximum absolute atomic E-state index is 8.55. The fraction of sp³-hybridized carbons (Fsp3) is 0.455. The van der Waals surface area contributed by atoms with Crippen LogP contribution in [-0.2, 0) is 4.74 Å². The predicted molar refractivity (Wildman–Crippen MR) is 68.4 cm³/mol. The summed E-state index contributed by atoms with van der Waals surface area (Å²) in [7, 11) is 0. The summed E-state index contributed by atoms with van der Waals surface area (Å²) in [6, 6.07) is 0. The molecule has 0 atom stereocenters. The second-order valence-corrected chi connectivity index (χ2v) is 3.79. The molecule has 0 bridgehead atoms. The maximum atomic E-state index is 8.55. The molecule has 18 heavy (non-hydrogen) atoms. The lowest BCUT2D eigenvalue weighted by Crippen LogP contribution is -2.10. The summed E-state index contributed by atoms with van der Waals surface area (Å²) < 4.78 is 6.99. The van der Waals surface area contributed by atoms with Crippen LogP contribution in [0.5, 0.6) is 0 Å². The number of imidazole rings is 1. The van der Waals surface area contributed by atoms with E-state index in [1.165, 1.54) is 0 Å². The van der Waals surface area contributed by atoms with Gasteiger partial charge in [-0.1, -0.05) is 0 Å². The Morgan fingerprint density at radius 3 is 3.17 bits per heavy atom. The van der Waals surface area contributed by atoms with Crippen LogP contribution in [0.2, 0.25) is 0 Å². The Bertz CT molecular complexity index is 499. The SMILES string of the molecule is Nc1cn2ccnc2c(NCCCOCCO)n1. The maximum Gasteiger partial charge on any atom is 0.180 e. The zero-order valence-electron chi connectivity index (χ0n) is 10.0. The van der Waals surface area contributed by atoms with E-state index in [1.54, 1.807) is 12.4 Å². The van der Waals surface area contributed by atoms with Crippen molar-refractivity contribution in [3.05, 3.63) is 18.6 Å². The molecule has 0 spiro atoms. The Morgan fingerprint density at radius 1 is 1.44 bits per heavy atom. The molecule has 2 aromatic rings. The van der Waals surface area contributed by atoms with E-state index in [0.717, 1.165) is 12.1 Å². The summed E-state index contributed by atoms with van der Waals surface area (Å²) >= 11 is 0. The Morgan fingerprint density at radius 2 is 2.33 bits per heavy atom. The van der Waals surface area contributed by atoms with Crippen molar-refractivity contribution in [3.63, 3.8) is 0 Å². The Hall–Kier alpha value is -1.86. The molecule has 0 saturated carbocycles. The molecule has 0 aromatic carbocycles. The largest absolute Gasteiger partial charge is 0.394 e. The van der Waals surface area contributed by atoms with Crippen molar-refractivity contribution < 1.29 is 9.84 Å². The predicted octanol–water partition coefficient (Wildman–Crippen LogP) is 0.122. The molecule has 2 heterocycles. The van der Waals surface area contributed by atoms with Gasteiger partial charge in [0, 0.05) is 25.5 Å². The Kier molecular flexibility index (Phi) is 4.32. The molecular formula is C11H17N5O2. The molecule has 2 rings (SSSR count). The normalized spacial score (nSPS) is 10.9. The topological polar surface area (TPSA) is 97.7 Å². The minimum Gasteiger partial charge on any atom is -0.394 e. The van der Waals surface area contributed by atoms with Crippen LogP contribution in [0.25, 0.3) is 5.65 Å². The van der Waals surface area contributed by atoms with Gasteiger partial charge in [-0.15, -0.1) is 0 Å². The van der Waals surface area contributed by atoms with Gasteiger partial charge in [-0.2, -0.15) is 0 Å². The number of nitrogens with two attached hydrogens (primary N) is 1. The van der Waals surface area contributed by atoms with E-state index in [4.69, 9.17) is 15.6 Å². The number of anilines is 2. The van der Waals surface area contributed by atoms with Crippen LogP contribution >= 0.6 is 0 Å². The highest BCUT2D eigenvalue weighted by atomic mass is 16.5. The average molecular weight is 251 g/mol. The van der Waals surface area contributed by atoms with E-state index in [9.17, 15) is 0 Å². The second kappa shape index (κ2) is 6.18. The molecule has 0 amide bonds. The summed E-state index contributed by atoms with van der Waals surface area (Å²) in [5.74, 6) is 1.11. The molecule has 0 saturated heterocycles. The number of hydrogen-bond acceptors (Lipinski definition) is 6. The average Bonchev–Trinajstić information content (AvgIpc) is 2.81. The first-order chi connectivity index (χ1) is 8.81. The highest BCUT2D eigenvalue weighted by Crippen LogP contribution is 2.14. The van der Waals surface area contributed by atoms with Gasteiger partial charge >= 0.3 is 0 Å². The van der Waals surface area contributed by atoms with E-state index in [0.29, 0.717) is 31.4 Å². The van der Waals surface area contributed by atoms with Crippen LogP contribution in [0.15, 0.2) is 18.6 Å². The van der Waals surface area contributed by atoms with Crippen molar-refractivity contribution in [2.75, 3.05) is 37.4 Å². The lowest BCUT2D eigenvalue weighted by atomic mass is 10.4. The van der Waals surface area contributed by atoms with Crippen molar-refractivity contribution in [2.24, 2.45) is 0 Å². The van der Waals surface area contributed by atoms with Gasteiger partial charge in [-0.3, -0.25) is 0 Å². The van der Waals surface area contributed by atoms with Crippen LogP contribution in [-0.4, -0.2) is 45.8 Å². The van der Waals surface area contributed by atoms with E-state index < -0.39 is 0 Å².